The van der Waals surface area contributed by atoms with Crippen LogP contribution in [0.15, 0.2) is 109 Å². The predicted molar refractivity (Wildman–Crippen MR) is 258 cm³/mol. The van der Waals surface area contributed by atoms with Crippen molar-refractivity contribution in [2.24, 2.45) is 0 Å². The molecule has 14 heteroatoms. The predicted octanol–water partition coefficient (Wildman–Crippen LogP) is 5.76. The highest BCUT2D eigenvalue weighted by molar-refractivity contribution is 5.76. The van der Waals surface area contributed by atoms with Gasteiger partial charge in [-0.15, -0.1) is 0 Å². The lowest BCUT2D eigenvalue weighted by Gasteiger charge is -2.46. The summed E-state index contributed by atoms with van der Waals surface area (Å²) in [7, 11) is 0. The van der Waals surface area contributed by atoms with Crippen molar-refractivity contribution in [1.82, 2.24) is 5.32 Å². The molecule has 2 rings (SSSR count). The van der Waals surface area contributed by atoms with E-state index in [1.807, 2.05) is 19.1 Å². The zero-order chi connectivity index (χ0) is 48.2. The van der Waals surface area contributed by atoms with Crippen LogP contribution < -0.4 is 5.32 Å². The maximum absolute atomic E-state index is 13.1. The average Bonchev–Trinajstić information content (AvgIpc) is 3.31. The maximum atomic E-state index is 13.1. The van der Waals surface area contributed by atoms with Crippen LogP contribution in [0.4, 0.5) is 0 Å². The van der Waals surface area contributed by atoms with Crippen LogP contribution in [0.1, 0.15) is 117 Å². The standard InChI is InChI=1S/C52H83NO13/c1-3-5-7-9-11-13-14-15-16-17-18-19-20-21-22-23-24-25-26-28-30-32-34-36-44(57)53-40(41(56)35-33-31-29-27-12-10-8-6-4-2)39-63-51-49(62)47(60)50(43(38-55)65-51)66-52-48(61)46(59)45(58)42(37-54)64-52/h4-7,11-13,15-16,18-19,21-22,24-25,27,33,35,40-43,45-52,54-56,58-62H,3,8-10,14,17,20,23,26,28-32,34,36-39H2,1-2H3,(H,53,57)/b6-4+,7-5-,13-11-,16-15-,19-18-,22-21-,25-24-,27-12+,35-33+. The molecule has 0 aromatic rings. The molecule has 2 fully saturated rings. The largest absolute Gasteiger partial charge is 0.394 e. The van der Waals surface area contributed by atoms with Crippen molar-refractivity contribution in [2.45, 2.75) is 190 Å². The maximum Gasteiger partial charge on any atom is 0.220 e. The first-order valence-electron chi connectivity index (χ1n) is 24.1. The van der Waals surface area contributed by atoms with E-state index in [1.165, 1.54) is 0 Å². The Morgan fingerprint density at radius 1 is 0.576 bits per heavy atom. The van der Waals surface area contributed by atoms with E-state index in [0.29, 0.717) is 12.8 Å². The highest BCUT2D eigenvalue weighted by Crippen LogP contribution is 2.30. The minimum Gasteiger partial charge on any atom is -0.394 e. The summed E-state index contributed by atoms with van der Waals surface area (Å²) < 4.78 is 22.6. The second-order valence-corrected chi connectivity index (χ2v) is 16.5. The molecule has 0 aliphatic carbocycles. The molecule has 0 spiro atoms. The first kappa shape index (κ1) is 58.8. The van der Waals surface area contributed by atoms with Crippen LogP contribution in [0, 0.1) is 0 Å². The Balaban J connectivity index is 1.82. The molecule has 14 nitrogen and oxygen atoms in total. The number of allylic oxidation sites excluding steroid dienone is 17. The molecule has 2 saturated heterocycles. The topological polar surface area (TPSA) is 228 Å². The lowest BCUT2D eigenvalue weighted by molar-refractivity contribution is -0.359. The van der Waals surface area contributed by atoms with Gasteiger partial charge in [-0.25, -0.2) is 0 Å². The van der Waals surface area contributed by atoms with Gasteiger partial charge in [-0.3, -0.25) is 4.79 Å². The second kappa shape index (κ2) is 37.6. The SMILES string of the molecule is C/C=C/CC/C=C/CC/C=C/C(O)C(COC1OC(CO)C(OC2OC(CO)C(O)C(O)C2O)C(O)C1O)NC(=O)CCCCCC/C=C\C/C=C\C/C=C\C/C=C\C/C=C\C/C=C\CC. The summed E-state index contributed by atoms with van der Waals surface area (Å²) in [6.45, 7) is 2.34. The summed E-state index contributed by atoms with van der Waals surface area (Å²) in [5.74, 6) is -0.288. The van der Waals surface area contributed by atoms with Gasteiger partial charge in [0.05, 0.1) is 32.0 Å². The minimum atomic E-state index is -1.80. The Morgan fingerprint density at radius 3 is 1.65 bits per heavy atom. The highest BCUT2D eigenvalue weighted by Gasteiger charge is 2.51. The number of nitrogens with one attached hydrogen (secondary N) is 1. The zero-order valence-corrected chi connectivity index (χ0v) is 39.4. The zero-order valence-electron chi connectivity index (χ0n) is 39.4. The van der Waals surface area contributed by atoms with E-state index in [1.54, 1.807) is 6.08 Å². The van der Waals surface area contributed by atoms with Gasteiger partial charge in [0.15, 0.2) is 12.6 Å². The van der Waals surface area contributed by atoms with Crippen molar-refractivity contribution < 1.29 is 64.6 Å². The van der Waals surface area contributed by atoms with Gasteiger partial charge in [0.25, 0.3) is 0 Å². The number of carbonyl (C=O) groups is 1. The fraction of sp³-hybridized carbons (Fsp3) is 0.635. The fourth-order valence-corrected chi connectivity index (χ4v) is 7.09. The Bertz CT molecular complexity index is 1520. The van der Waals surface area contributed by atoms with Crippen molar-refractivity contribution in [3.63, 3.8) is 0 Å². The summed E-state index contributed by atoms with van der Waals surface area (Å²) in [4.78, 5) is 13.1. The van der Waals surface area contributed by atoms with Crippen molar-refractivity contribution in [1.29, 1.82) is 0 Å². The van der Waals surface area contributed by atoms with Crippen molar-refractivity contribution in [3.8, 4) is 0 Å². The molecule has 9 N–H and O–H groups in total. The Hall–Kier alpha value is -3.35. The minimum absolute atomic E-state index is 0.232. The number of carbonyl (C=O) groups excluding carboxylic acids is 1. The van der Waals surface area contributed by atoms with Crippen LogP contribution in [0.5, 0.6) is 0 Å². The van der Waals surface area contributed by atoms with Crippen LogP contribution in [0.3, 0.4) is 0 Å². The number of amides is 1. The first-order valence-corrected chi connectivity index (χ1v) is 24.1. The summed E-state index contributed by atoms with van der Waals surface area (Å²) in [6.07, 6.45) is 34.5. The van der Waals surface area contributed by atoms with E-state index in [9.17, 15) is 45.6 Å². The van der Waals surface area contributed by atoms with Crippen molar-refractivity contribution in [3.05, 3.63) is 109 Å². The number of hydrogen-bond donors (Lipinski definition) is 9. The Labute approximate surface area is 394 Å². The van der Waals surface area contributed by atoms with Crippen LogP contribution in [-0.2, 0) is 23.7 Å². The second-order valence-electron chi connectivity index (χ2n) is 16.5. The van der Waals surface area contributed by atoms with Gasteiger partial charge in [-0.1, -0.05) is 129 Å². The molecule has 0 aromatic carbocycles. The molecular formula is C52H83NO13. The lowest BCUT2D eigenvalue weighted by Crippen LogP contribution is -2.65. The van der Waals surface area contributed by atoms with Crippen LogP contribution in [-0.4, -0.2) is 140 Å². The normalized spacial score (nSPS) is 27.8. The third-order valence-electron chi connectivity index (χ3n) is 11.0. The van der Waals surface area contributed by atoms with Gasteiger partial charge in [-0.2, -0.15) is 0 Å². The average molecular weight is 930 g/mol. The monoisotopic (exact) mass is 930 g/mol. The Kier molecular flexibility index (Phi) is 33.5. The van der Waals surface area contributed by atoms with Crippen molar-refractivity contribution in [2.75, 3.05) is 19.8 Å². The van der Waals surface area contributed by atoms with E-state index in [-0.39, 0.29) is 18.9 Å². The van der Waals surface area contributed by atoms with E-state index >= 15 is 0 Å². The van der Waals surface area contributed by atoms with Crippen LogP contribution >= 0.6 is 0 Å². The summed E-state index contributed by atoms with van der Waals surface area (Å²) >= 11 is 0. The van der Waals surface area contributed by atoms with E-state index in [0.717, 1.165) is 83.5 Å². The number of aliphatic hydroxyl groups excluding tert-OH is 8. The lowest BCUT2D eigenvalue weighted by atomic mass is 9.97. The molecule has 0 radical (unpaired) electrons. The summed E-state index contributed by atoms with van der Waals surface area (Å²) in [5.41, 5.74) is 0. The molecule has 0 aromatic heterocycles. The number of hydrogen-bond acceptors (Lipinski definition) is 13. The van der Waals surface area contributed by atoms with Gasteiger partial charge in [0.2, 0.25) is 5.91 Å². The van der Waals surface area contributed by atoms with Crippen molar-refractivity contribution >= 4 is 5.91 Å². The van der Waals surface area contributed by atoms with Gasteiger partial charge in [0.1, 0.15) is 48.8 Å². The van der Waals surface area contributed by atoms with E-state index in [4.69, 9.17) is 18.9 Å². The first-order chi connectivity index (χ1) is 32.1. The molecule has 2 aliphatic rings. The van der Waals surface area contributed by atoms with Gasteiger partial charge < -0.3 is 65.1 Å². The molecular weight excluding hydrogens is 847 g/mol. The molecule has 12 unspecified atom stereocenters. The molecule has 2 aliphatic heterocycles. The summed E-state index contributed by atoms with van der Waals surface area (Å²) in [5, 5.41) is 86.4. The Morgan fingerprint density at radius 2 is 1.08 bits per heavy atom. The summed E-state index contributed by atoms with van der Waals surface area (Å²) in [6, 6.07) is -0.957. The molecule has 2 heterocycles. The van der Waals surface area contributed by atoms with E-state index < -0.39 is 86.8 Å². The third kappa shape index (κ3) is 24.6. The van der Waals surface area contributed by atoms with Gasteiger partial charge >= 0.3 is 0 Å². The fourth-order valence-electron chi connectivity index (χ4n) is 7.09. The van der Waals surface area contributed by atoms with Gasteiger partial charge in [-0.05, 0) is 90.4 Å². The smallest absolute Gasteiger partial charge is 0.220 e. The molecule has 1 amide bonds. The number of ether oxygens (including phenoxy) is 4. The molecule has 66 heavy (non-hydrogen) atoms. The number of unbranched alkanes of at least 4 members (excludes halogenated alkanes) is 6. The molecule has 0 bridgehead atoms. The molecule has 12 atom stereocenters. The van der Waals surface area contributed by atoms with Gasteiger partial charge in [0, 0.05) is 6.42 Å². The van der Waals surface area contributed by atoms with E-state index in [2.05, 4.69) is 103 Å². The van der Waals surface area contributed by atoms with Crippen LogP contribution in [0.2, 0.25) is 0 Å². The third-order valence-corrected chi connectivity index (χ3v) is 11.0. The van der Waals surface area contributed by atoms with Crippen LogP contribution in [0.25, 0.3) is 0 Å². The quantitative estimate of drug-likeness (QED) is 0.0277. The number of rotatable bonds is 34. The molecule has 0 saturated carbocycles. The number of aliphatic hydroxyl groups is 8. The molecule has 374 valence electrons. The highest BCUT2D eigenvalue weighted by atomic mass is 16.7.